The average Bonchev–Trinajstić information content (AvgIpc) is 3.16. The Morgan fingerprint density at radius 3 is 2.58 bits per heavy atom. The van der Waals surface area contributed by atoms with E-state index in [1.54, 1.807) is 31.2 Å². The van der Waals surface area contributed by atoms with E-state index >= 15 is 0 Å². The van der Waals surface area contributed by atoms with Crippen LogP contribution in [0.4, 0.5) is 0 Å². The zero-order chi connectivity index (χ0) is 13.8. The molecule has 102 valence electrons. The zero-order valence-electron chi connectivity index (χ0n) is 10.7. The van der Waals surface area contributed by atoms with Crippen LogP contribution in [0.2, 0.25) is 5.02 Å². The van der Waals surface area contributed by atoms with Crippen molar-refractivity contribution in [2.45, 2.75) is 38.3 Å². The van der Waals surface area contributed by atoms with Crippen molar-refractivity contribution in [2.75, 3.05) is 0 Å². The molecule has 1 aromatic carbocycles. The summed E-state index contributed by atoms with van der Waals surface area (Å²) in [5.41, 5.74) is 0.809. The van der Waals surface area contributed by atoms with Crippen molar-refractivity contribution < 1.29 is 14.3 Å². The van der Waals surface area contributed by atoms with Crippen molar-refractivity contribution in [3.05, 3.63) is 34.9 Å². The number of esters is 1. The quantitative estimate of drug-likeness (QED) is 0.841. The van der Waals surface area contributed by atoms with Gasteiger partial charge in [0.1, 0.15) is 0 Å². The van der Waals surface area contributed by atoms with Gasteiger partial charge in [-0.3, -0.25) is 9.59 Å². The lowest BCUT2D eigenvalue weighted by molar-refractivity contribution is -0.154. The molecule has 0 saturated heterocycles. The Morgan fingerprint density at radius 2 is 2.00 bits per heavy atom. The standard InChI is InChI=1S/C14H16ClNO3/c1-9(14(18)16-12-6-7-12)19-13(17)8-10-2-4-11(15)5-3-10/h2-5,9,12H,6-8H2,1H3,(H,16,18)/t9-/m1/s1. The van der Waals surface area contributed by atoms with Crippen LogP contribution in [0, 0.1) is 0 Å². The molecule has 1 fully saturated rings. The van der Waals surface area contributed by atoms with Gasteiger partial charge in [0.2, 0.25) is 0 Å². The summed E-state index contributed by atoms with van der Waals surface area (Å²) in [6.07, 6.45) is 1.41. The van der Waals surface area contributed by atoms with Gasteiger partial charge in [-0.2, -0.15) is 0 Å². The van der Waals surface area contributed by atoms with Crippen molar-refractivity contribution in [3.8, 4) is 0 Å². The minimum atomic E-state index is -0.750. The molecular formula is C14H16ClNO3. The molecule has 0 heterocycles. The first-order valence-electron chi connectivity index (χ1n) is 6.29. The lowest BCUT2D eigenvalue weighted by Crippen LogP contribution is -2.37. The Hall–Kier alpha value is -1.55. The molecule has 1 aliphatic rings. The molecule has 0 radical (unpaired) electrons. The molecule has 1 aromatic rings. The fourth-order valence-corrected chi connectivity index (χ4v) is 1.73. The normalized spacial score (nSPS) is 15.7. The van der Waals surface area contributed by atoms with Crippen molar-refractivity contribution in [1.29, 1.82) is 0 Å². The second kappa shape index (κ2) is 6.06. The van der Waals surface area contributed by atoms with Crippen molar-refractivity contribution in [3.63, 3.8) is 0 Å². The Labute approximate surface area is 117 Å². The SMILES string of the molecule is C[C@@H](OC(=O)Cc1ccc(Cl)cc1)C(=O)NC1CC1. The summed E-state index contributed by atoms with van der Waals surface area (Å²) in [6.45, 7) is 1.58. The molecule has 1 saturated carbocycles. The molecule has 0 bridgehead atoms. The summed E-state index contributed by atoms with van der Waals surface area (Å²) in [7, 11) is 0. The molecule has 1 aliphatic carbocycles. The van der Waals surface area contributed by atoms with Crippen LogP contribution in [0.25, 0.3) is 0 Å². The monoisotopic (exact) mass is 281 g/mol. The number of ether oxygens (including phenoxy) is 1. The summed E-state index contributed by atoms with van der Waals surface area (Å²) in [5, 5.41) is 3.42. The van der Waals surface area contributed by atoms with Crippen LogP contribution >= 0.6 is 11.6 Å². The highest BCUT2D eigenvalue weighted by molar-refractivity contribution is 6.30. The maximum absolute atomic E-state index is 11.7. The molecule has 4 nitrogen and oxygen atoms in total. The van der Waals surface area contributed by atoms with Gasteiger partial charge >= 0.3 is 5.97 Å². The van der Waals surface area contributed by atoms with Crippen molar-refractivity contribution >= 4 is 23.5 Å². The molecule has 2 rings (SSSR count). The Morgan fingerprint density at radius 1 is 1.37 bits per heavy atom. The number of rotatable bonds is 5. The molecule has 0 aliphatic heterocycles. The minimum absolute atomic E-state index is 0.137. The number of carbonyl (C=O) groups is 2. The lowest BCUT2D eigenvalue weighted by Gasteiger charge is -2.13. The molecular weight excluding hydrogens is 266 g/mol. The lowest BCUT2D eigenvalue weighted by atomic mass is 10.1. The number of carbonyl (C=O) groups excluding carboxylic acids is 2. The van der Waals surface area contributed by atoms with Gasteiger partial charge in [-0.05, 0) is 37.5 Å². The topological polar surface area (TPSA) is 55.4 Å². The predicted octanol–water partition coefficient (Wildman–Crippen LogP) is 2.09. The van der Waals surface area contributed by atoms with Crippen LogP contribution in [-0.4, -0.2) is 24.0 Å². The van der Waals surface area contributed by atoms with Gasteiger partial charge in [0.05, 0.1) is 6.42 Å². The predicted molar refractivity (Wildman–Crippen MR) is 71.9 cm³/mol. The Kier molecular flexibility index (Phi) is 4.43. The third kappa shape index (κ3) is 4.56. The van der Waals surface area contributed by atoms with Gasteiger partial charge in [-0.15, -0.1) is 0 Å². The van der Waals surface area contributed by atoms with Crippen LogP contribution in [0.15, 0.2) is 24.3 Å². The number of hydrogen-bond acceptors (Lipinski definition) is 3. The molecule has 5 heteroatoms. The van der Waals surface area contributed by atoms with Gasteiger partial charge in [-0.25, -0.2) is 0 Å². The second-order valence-electron chi connectivity index (χ2n) is 4.72. The van der Waals surface area contributed by atoms with E-state index in [4.69, 9.17) is 16.3 Å². The number of benzene rings is 1. The summed E-state index contributed by atoms with van der Waals surface area (Å²) in [4.78, 5) is 23.3. The number of hydrogen-bond donors (Lipinski definition) is 1. The third-order valence-corrected chi connectivity index (χ3v) is 3.11. The van der Waals surface area contributed by atoms with Gasteiger partial charge in [0.15, 0.2) is 6.10 Å². The van der Waals surface area contributed by atoms with Gasteiger partial charge < -0.3 is 10.1 Å². The smallest absolute Gasteiger partial charge is 0.311 e. The van der Waals surface area contributed by atoms with E-state index in [1.165, 1.54) is 0 Å². The molecule has 0 aromatic heterocycles. The van der Waals surface area contributed by atoms with Gasteiger partial charge in [0, 0.05) is 11.1 Å². The van der Waals surface area contributed by atoms with Crippen molar-refractivity contribution in [2.24, 2.45) is 0 Å². The van der Waals surface area contributed by atoms with Gasteiger partial charge in [0.25, 0.3) is 5.91 Å². The molecule has 1 N–H and O–H groups in total. The fourth-order valence-electron chi connectivity index (χ4n) is 1.61. The fraction of sp³-hybridized carbons (Fsp3) is 0.429. The molecule has 1 atom stereocenters. The summed E-state index contributed by atoms with van der Waals surface area (Å²) in [5.74, 6) is -0.646. The van der Waals surface area contributed by atoms with E-state index in [-0.39, 0.29) is 18.4 Å². The van der Waals surface area contributed by atoms with Crippen LogP contribution in [0.1, 0.15) is 25.3 Å². The molecule has 0 unspecified atom stereocenters. The Balaban J connectivity index is 1.79. The van der Waals surface area contributed by atoms with E-state index in [1.807, 2.05) is 0 Å². The first kappa shape index (κ1) is 13.9. The first-order chi connectivity index (χ1) is 9.04. The van der Waals surface area contributed by atoms with Gasteiger partial charge in [-0.1, -0.05) is 23.7 Å². The van der Waals surface area contributed by atoms with E-state index in [2.05, 4.69) is 5.32 Å². The second-order valence-corrected chi connectivity index (χ2v) is 5.15. The van der Waals surface area contributed by atoms with E-state index < -0.39 is 12.1 Å². The number of amides is 1. The van der Waals surface area contributed by atoms with E-state index in [0.29, 0.717) is 5.02 Å². The van der Waals surface area contributed by atoms with E-state index in [9.17, 15) is 9.59 Å². The largest absolute Gasteiger partial charge is 0.452 e. The van der Waals surface area contributed by atoms with E-state index in [0.717, 1.165) is 18.4 Å². The number of halogens is 1. The average molecular weight is 282 g/mol. The first-order valence-corrected chi connectivity index (χ1v) is 6.66. The Bertz CT molecular complexity index is 468. The minimum Gasteiger partial charge on any atom is -0.452 e. The highest BCUT2D eigenvalue weighted by Gasteiger charge is 2.27. The third-order valence-electron chi connectivity index (χ3n) is 2.86. The highest BCUT2D eigenvalue weighted by Crippen LogP contribution is 2.18. The highest BCUT2D eigenvalue weighted by atomic mass is 35.5. The van der Waals surface area contributed by atoms with Crippen LogP contribution in [0.5, 0.6) is 0 Å². The van der Waals surface area contributed by atoms with Crippen LogP contribution in [-0.2, 0) is 20.7 Å². The summed E-state index contributed by atoms with van der Waals surface area (Å²) >= 11 is 5.76. The summed E-state index contributed by atoms with van der Waals surface area (Å²) < 4.78 is 5.09. The summed E-state index contributed by atoms with van der Waals surface area (Å²) in [6, 6.07) is 7.22. The van der Waals surface area contributed by atoms with Crippen molar-refractivity contribution in [1.82, 2.24) is 5.32 Å². The van der Waals surface area contributed by atoms with Crippen LogP contribution in [0.3, 0.4) is 0 Å². The maximum Gasteiger partial charge on any atom is 0.311 e. The molecule has 0 spiro atoms. The number of nitrogens with one attached hydrogen (secondary N) is 1. The zero-order valence-corrected chi connectivity index (χ0v) is 11.4. The van der Waals surface area contributed by atoms with Crippen LogP contribution < -0.4 is 5.32 Å². The maximum atomic E-state index is 11.7. The molecule has 1 amide bonds. The molecule has 19 heavy (non-hydrogen) atoms.